The van der Waals surface area contributed by atoms with Gasteiger partial charge in [0.2, 0.25) is 10.0 Å². The average molecular weight is 272 g/mol. The Labute approximate surface area is 97.2 Å². The normalized spacial score (nSPS) is 11.5. The second-order valence-electron chi connectivity index (χ2n) is 2.75. The fourth-order valence-electron chi connectivity index (χ4n) is 0.867. The Bertz CT molecular complexity index is 453. The zero-order chi connectivity index (χ0) is 11.6. The topological polar surface area (TPSA) is 46.2 Å². The standard InChI is InChI=1S/C8H8Cl2FNO2S/c1-2-15(13,14)12-8-6(9)3-5(11)4-7(8)10/h3-4,12H,2H2,1H3. The number of hydrogen-bond donors (Lipinski definition) is 1. The van der Waals surface area contributed by atoms with Crippen LogP contribution in [0.5, 0.6) is 0 Å². The van der Waals surface area contributed by atoms with E-state index < -0.39 is 15.8 Å². The van der Waals surface area contributed by atoms with Crippen molar-refractivity contribution < 1.29 is 12.8 Å². The summed E-state index contributed by atoms with van der Waals surface area (Å²) in [6.45, 7) is 1.47. The van der Waals surface area contributed by atoms with Gasteiger partial charge < -0.3 is 0 Å². The van der Waals surface area contributed by atoms with E-state index in [1.165, 1.54) is 6.92 Å². The van der Waals surface area contributed by atoms with Gasteiger partial charge in [0, 0.05) is 0 Å². The third-order valence-electron chi connectivity index (χ3n) is 1.64. The van der Waals surface area contributed by atoms with Crippen LogP contribution in [0.25, 0.3) is 0 Å². The molecule has 0 spiro atoms. The molecule has 0 saturated heterocycles. The van der Waals surface area contributed by atoms with Crippen LogP contribution >= 0.6 is 23.2 Å². The molecule has 0 aliphatic heterocycles. The summed E-state index contributed by atoms with van der Waals surface area (Å²) in [6.07, 6.45) is 0. The van der Waals surface area contributed by atoms with Crippen molar-refractivity contribution in [2.75, 3.05) is 10.5 Å². The van der Waals surface area contributed by atoms with Crippen molar-refractivity contribution in [3.8, 4) is 0 Å². The first-order valence-corrected chi connectivity index (χ1v) is 6.41. The largest absolute Gasteiger partial charge is 0.281 e. The first-order valence-electron chi connectivity index (χ1n) is 4.00. The van der Waals surface area contributed by atoms with Gasteiger partial charge in [0.25, 0.3) is 0 Å². The highest BCUT2D eigenvalue weighted by Crippen LogP contribution is 2.32. The highest BCUT2D eigenvalue weighted by Gasteiger charge is 2.14. The second-order valence-corrected chi connectivity index (χ2v) is 5.58. The van der Waals surface area contributed by atoms with Crippen molar-refractivity contribution in [3.63, 3.8) is 0 Å². The van der Waals surface area contributed by atoms with Gasteiger partial charge in [-0.25, -0.2) is 12.8 Å². The Balaban J connectivity index is 3.17. The first-order chi connectivity index (χ1) is 6.85. The summed E-state index contributed by atoms with van der Waals surface area (Å²) in [5, 5.41) is -0.144. The fraction of sp³-hybridized carbons (Fsp3) is 0.250. The van der Waals surface area contributed by atoms with E-state index in [1.54, 1.807) is 0 Å². The molecule has 0 amide bonds. The van der Waals surface area contributed by atoms with Crippen molar-refractivity contribution in [2.45, 2.75) is 6.92 Å². The Kier molecular flexibility index (Phi) is 3.81. The van der Waals surface area contributed by atoms with Crippen molar-refractivity contribution >= 4 is 38.9 Å². The van der Waals surface area contributed by atoms with E-state index in [0.717, 1.165) is 12.1 Å². The predicted octanol–water partition coefficient (Wildman–Crippen LogP) is 2.89. The van der Waals surface area contributed by atoms with Gasteiger partial charge in [-0.1, -0.05) is 23.2 Å². The number of benzene rings is 1. The van der Waals surface area contributed by atoms with Crippen LogP contribution in [-0.4, -0.2) is 14.2 Å². The molecule has 1 N–H and O–H groups in total. The van der Waals surface area contributed by atoms with E-state index in [-0.39, 0.29) is 21.5 Å². The zero-order valence-electron chi connectivity index (χ0n) is 7.72. The molecule has 0 saturated carbocycles. The molecule has 0 heterocycles. The Hall–Kier alpha value is -0.520. The van der Waals surface area contributed by atoms with Gasteiger partial charge in [0.15, 0.2) is 0 Å². The summed E-state index contributed by atoms with van der Waals surface area (Å²) >= 11 is 11.3. The van der Waals surface area contributed by atoms with Crippen molar-refractivity contribution in [2.24, 2.45) is 0 Å². The summed E-state index contributed by atoms with van der Waals surface area (Å²) in [6, 6.07) is 1.97. The van der Waals surface area contributed by atoms with Crippen LogP contribution < -0.4 is 4.72 Å². The number of anilines is 1. The molecular weight excluding hydrogens is 264 g/mol. The molecule has 15 heavy (non-hydrogen) atoms. The van der Waals surface area contributed by atoms with Gasteiger partial charge in [0.05, 0.1) is 21.5 Å². The minimum Gasteiger partial charge on any atom is -0.281 e. The van der Waals surface area contributed by atoms with E-state index in [0.29, 0.717) is 0 Å². The molecule has 7 heteroatoms. The van der Waals surface area contributed by atoms with Gasteiger partial charge >= 0.3 is 0 Å². The van der Waals surface area contributed by atoms with Crippen LogP contribution in [0, 0.1) is 5.82 Å². The lowest BCUT2D eigenvalue weighted by molar-refractivity contribution is 0.602. The van der Waals surface area contributed by atoms with E-state index in [4.69, 9.17) is 23.2 Å². The minimum atomic E-state index is -3.47. The Morgan fingerprint density at radius 3 is 2.20 bits per heavy atom. The molecule has 0 fully saturated rings. The SMILES string of the molecule is CCS(=O)(=O)Nc1c(Cl)cc(F)cc1Cl. The maximum absolute atomic E-state index is 12.8. The summed E-state index contributed by atoms with van der Waals surface area (Å²) in [7, 11) is -3.47. The zero-order valence-corrected chi connectivity index (χ0v) is 10.0. The molecule has 0 unspecified atom stereocenters. The monoisotopic (exact) mass is 271 g/mol. The first kappa shape index (κ1) is 12.5. The molecule has 1 aromatic rings. The average Bonchev–Trinajstić information content (AvgIpc) is 2.11. The van der Waals surface area contributed by atoms with Crippen LogP contribution in [0.15, 0.2) is 12.1 Å². The number of sulfonamides is 1. The molecule has 3 nitrogen and oxygen atoms in total. The molecule has 0 atom stereocenters. The van der Waals surface area contributed by atoms with Crippen LogP contribution in [0.2, 0.25) is 10.0 Å². The Morgan fingerprint density at radius 1 is 1.33 bits per heavy atom. The quantitative estimate of drug-likeness (QED) is 0.919. The summed E-state index contributed by atoms with van der Waals surface area (Å²) in [5.41, 5.74) is 0.00147. The smallest absolute Gasteiger partial charge is 0.232 e. The molecule has 0 aliphatic carbocycles. The van der Waals surface area contributed by atoms with Crippen molar-refractivity contribution in [1.29, 1.82) is 0 Å². The number of rotatable bonds is 3. The number of nitrogens with one attached hydrogen (secondary N) is 1. The molecule has 84 valence electrons. The molecular formula is C8H8Cl2FNO2S. The van der Waals surface area contributed by atoms with Crippen molar-refractivity contribution in [3.05, 3.63) is 28.0 Å². The van der Waals surface area contributed by atoms with Gasteiger partial charge in [-0.05, 0) is 19.1 Å². The molecule has 0 aromatic heterocycles. The van der Waals surface area contributed by atoms with Crippen LogP contribution in [0.1, 0.15) is 6.92 Å². The lowest BCUT2D eigenvalue weighted by atomic mass is 10.3. The fourth-order valence-corrected chi connectivity index (χ4v) is 2.21. The third kappa shape index (κ3) is 3.22. The maximum atomic E-state index is 12.8. The number of hydrogen-bond acceptors (Lipinski definition) is 2. The van der Waals surface area contributed by atoms with Gasteiger partial charge in [-0.15, -0.1) is 0 Å². The van der Waals surface area contributed by atoms with Gasteiger partial charge in [-0.3, -0.25) is 4.72 Å². The van der Waals surface area contributed by atoms with Gasteiger partial charge in [0.1, 0.15) is 5.82 Å². The highest BCUT2D eigenvalue weighted by molar-refractivity contribution is 7.92. The van der Waals surface area contributed by atoms with E-state index in [1.807, 2.05) is 0 Å². The summed E-state index contributed by atoms with van der Waals surface area (Å²) in [5.74, 6) is -0.735. The van der Waals surface area contributed by atoms with E-state index in [9.17, 15) is 12.8 Å². The number of halogens is 3. The molecule has 0 radical (unpaired) electrons. The van der Waals surface area contributed by atoms with Crippen LogP contribution in [-0.2, 0) is 10.0 Å². The molecule has 0 bridgehead atoms. The van der Waals surface area contributed by atoms with E-state index >= 15 is 0 Å². The lowest BCUT2D eigenvalue weighted by Crippen LogP contribution is -2.15. The Morgan fingerprint density at radius 2 is 1.80 bits per heavy atom. The van der Waals surface area contributed by atoms with Crippen LogP contribution in [0.3, 0.4) is 0 Å². The predicted molar refractivity (Wildman–Crippen MR) is 59.5 cm³/mol. The summed E-state index contributed by atoms with van der Waals surface area (Å²) in [4.78, 5) is 0. The summed E-state index contributed by atoms with van der Waals surface area (Å²) < 4.78 is 37.4. The second kappa shape index (κ2) is 4.55. The molecule has 0 aliphatic rings. The molecule has 1 rings (SSSR count). The highest BCUT2D eigenvalue weighted by atomic mass is 35.5. The van der Waals surface area contributed by atoms with Crippen molar-refractivity contribution in [1.82, 2.24) is 0 Å². The van der Waals surface area contributed by atoms with Crippen LogP contribution in [0.4, 0.5) is 10.1 Å². The van der Waals surface area contributed by atoms with Gasteiger partial charge in [-0.2, -0.15) is 0 Å². The molecule has 1 aromatic carbocycles. The minimum absolute atomic E-state index is 0.00147. The third-order valence-corrected chi connectivity index (χ3v) is 3.52. The van der Waals surface area contributed by atoms with E-state index in [2.05, 4.69) is 4.72 Å². The maximum Gasteiger partial charge on any atom is 0.232 e. The lowest BCUT2D eigenvalue weighted by Gasteiger charge is -2.09.